The Bertz CT molecular complexity index is 815. The Morgan fingerprint density at radius 1 is 1.12 bits per heavy atom. The van der Waals surface area contributed by atoms with Gasteiger partial charge in [0, 0.05) is 6.54 Å². The minimum Gasteiger partial charge on any atom is -0.497 e. The van der Waals surface area contributed by atoms with Crippen molar-refractivity contribution in [3.8, 4) is 5.75 Å². The van der Waals surface area contributed by atoms with Gasteiger partial charge in [-0.15, -0.1) is 10.2 Å². The Kier molecular flexibility index (Phi) is 5.82. The summed E-state index contributed by atoms with van der Waals surface area (Å²) in [4.78, 5) is 12.1. The highest BCUT2D eigenvalue weighted by molar-refractivity contribution is 5.92. The SMILES string of the molecule is COc1ccc(CCNC(=O)c2ccc(NCc3ccco3)nn2)cc1. The molecule has 2 N–H and O–H groups in total. The van der Waals surface area contributed by atoms with Gasteiger partial charge in [-0.1, -0.05) is 12.1 Å². The van der Waals surface area contributed by atoms with Crippen molar-refractivity contribution in [2.45, 2.75) is 13.0 Å². The summed E-state index contributed by atoms with van der Waals surface area (Å²) >= 11 is 0. The summed E-state index contributed by atoms with van der Waals surface area (Å²) in [6.07, 6.45) is 2.34. The lowest BCUT2D eigenvalue weighted by Crippen LogP contribution is -2.26. The third-order valence-corrected chi connectivity index (χ3v) is 3.78. The molecule has 0 spiro atoms. The van der Waals surface area contributed by atoms with E-state index in [1.807, 2.05) is 36.4 Å². The first kappa shape index (κ1) is 17.5. The van der Waals surface area contributed by atoms with Crippen molar-refractivity contribution in [3.05, 3.63) is 71.8 Å². The summed E-state index contributed by atoms with van der Waals surface area (Å²) < 4.78 is 10.4. The molecule has 1 amide bonds. The fourth-order valence-corrected chi connectivity index (χ4v) is 2.34. The average Bonchev–Trinajstić information content (AvgIpc) is 3.21. The second kappa shape index (κ2) is 8.66. The Labute approximate surface area is 151 Å². The van der Waals surface area contributed by atoms with E-state index in [0.717, 1.165) is 23.5 Å². The molecule has 0 atom stereocenters. The number of furan rings is 1. The van der Waals surface area contributed by atoms with E-state index >= 15 is 0 Å². The quantitative estimate of drug-likeness (QED) is 0.648. The molecule has 0 unspecified atom stereocenters. The van der Waals surface area contributed by atoms with Crippen LogP contribution in [0.1, 0.15) is 21.8 Å². The van der Waals surface area contributed by atoms with Crippen molar-refractivity contribution in [1.82, 2.24) is 15.5 Å². The molecule has 134 valence electrons. The van der Waals surface area contributed by atoms with E-state index in [1.165, 1.54) is 0 Å². The molecule has 0 aliphatic rings. The van der Waals surface area contributed by atoms with Crippen LogP contribution >= 0.6 is 0 Å². The summed E-state index contributed by atoms with van der Waals surface area (Å²) in [7, 11) is 1.63. The van der Waals surface area contributed by atoms with E-state index in [-0.39, 0.29) is 11.6 Å². The lowest BCUT2D eigenvalue weighted by Gasteiger charge is -2.06. The van der Waals surface area contributed by atoms with Crippen LogP contribution in [-0.2, 0) is 13.0 Å². The van der Waals surface area contributed by atoms with Gasteiger partial charge in [-0.2, -0.15) is 0 Å². The topological polar surface area (TPSA) is 89.3 Å². The standard InChI is InChI=1S/C19H20N4O3/c1-25-15-6-4-14(5-7-15)10-11-20-19(24)17-8-9-18(23-22-17)21-13-16-3-2-12-26-16/h2-9,12H,10-11,13H2,1H3,(H,20,24)(H,21,23). The molecule has 3 aromatic rings. The van der Waals surface area contributed by atoms with Crippen LogP contribution < -0.4 is 15.4 Å². The lowest BCUT2D eigenvalue weighted by atomic mass is 10.1. The zero-order valence-corrected chi connectivity index (χ0v) is 14.4. The van der Waals surface area contributed by atoms with Crippen LogP contribution in [0.3, 0.4) is 0 Å². The minimum absolute atomic E-state index is 0.247. The molecule has 0 aliphatic heterocycles. The Balaban J connectivity index is 1.45. The monoisotopic (exact) mass is 352 g/mol. The van der Waals surface area contributed by atoms with Gasteiger partial charge in [-0.25, -0.2) is 0 Å². The number of carbonyl (C=O) groups is 1. The van der Waals surface area contributed by atoms with E-state index in [4.69, 9.17) is 9.15 Å². The molecule has 7 heteroatoms. The van der Waals surface area contributed by atoms with Crippen LogP contribution in [0.5, 0.6) is 5.75 Å². The highest BCUT2D eigenvalue weighted by atomic mass is 16.5. The van der Waals surface area contributed by atoms with Gasteiger partial charge in [0.2, 0.25) is 0 Å². The number of amides is 1. The van der Waals surface area contributed by atoms with E-state index in [1.54, 1.807) is 25.5 Å². The predicted molar refractivity (Wildman–Crippen MR) is 97.1 cm³/mol. The van der Waals surface area contributed by atoms with Gasteiger partial charge >= 0.3 is 0 Å². The second-order valence-corrected chi connectivity index (χ2v) is 5.59. The lowest BCUT2D eigenvalue weighted by molar-refractivity contribution is 0.0948. The number of nitrogens with one attached hydrogen (secondary N) is 2. The molecular weight excluding hydrogens is 332 g/mol. The first-order valence-corrected chi connectivity index (χ1v) is 8.26. The third-order valence-electron chi connectivity index (χ3n) is 3.78. The van der Waals surface area contributed by atoms with Crippen LogP contribution in [0.25, 0.3) is 0 Å². The molecule has 3 rings (SSSR count). The summed E-state index contributed by atoms with van der Waals surface area (Å²) in [5.41, 5.74) is 1.40. The first-order valence-electron chi connectivity index (χ1n) is 8.26. The van der Waals surface area contributed by atoms with Gasteiger partial charge in [0.1, 0.15) is 17.3 Å². The highest BCUT2D eigenvalue weighted by Gasteiger charge is 2.08. The molecule has 2 aromatic heterocycles. The summed E-state index contributed by atoms with van der Waals surface area (Å²) in [5.74, 6) is 1.95. The van der Waals surface area contributed by atoms with Crippen molar-refractivity contribution < 1.29 is 13.9 Å². The van der Waals surface area contributed by atoms with Gasteiger partial charge < -0.3 is 19.8 Å². The average molecular weight is 352 g/mol. The van der Waals surface area contributed by atoms with Gasteiger partial charge in [-0.05, 0) is 48.4 Å². The molecule has 0 bridgehead atoms. The zero-order valence-electron chi connectivity index (χ0n) is 14.4. The van der Waals surface area contributed by atoms with E-state index in [2.05, 4.69) is 20.8 Å². The number of hydrogen-bond donors (Lipinski definition) is 2. The number of aromatic nitrogens is 2. The van der Waals surface area contributed by atoms with Crippen LogP contribution in [0.4, 0.5) is 5.82 Å². The summed E-state index contributed by atoms with van der Waals surface area (Å²) in [6.45, 7) is 1.03. The highest BCUT2D eigenvalue weighted by Crippen LogP contribution is 2.11. The van der Waals surface area contributed by atoms with Crippen molar-refractivity contribution in [3.63, 3.8) is 0 Å². The van der Waals surface area contributed by atoms with Gasteiger partial charge in [0.05, 0.1) is 19.9 Å². The third kappa shape index (κ3) is 4.83. The largest absolute Gasteiger partial charge is 0.497 e. The van der Waals surface area contributed by atoms with Crippen LogP contribution in [0.15, 0.2) is 59.2 Å². The number of rotatable bonds is 8. The Hall–Kier alpha value is -3.35. The maximum atomic E-state index is 12.1. The molecule has 7 nitrogen and oxygen atoms in total. The molecular formula is C19H20N4O3. The van der Waals surface area contributed by atoms with Crippen molar-refractivity contribution in [2.24, 2.45) is 0 Å². The van der Waals surface area contributed by atoms with Crippen molar-refractivity contribution >= 4 is 11.7 Å². The molecule has 0 fully saturated rings. The fourth-order valence-electron chi connectivity index (χ4n) is 2.34. The molecule has 0 aliphatic carbocycles. The predicted octanol–water partition coefficient (Wildman–Crippen LogP) is 2.66. The van der Waals surface area contributed by atoms with Gasteiger partial charge in [0.15, 0.2) is 5.69 Å². The number of nitrogens with zero attached hydrogens (tertiary/aromatic N) is 2. The number of benzene rings is 1. The Morgan fingerprint density at radius 3 is 2.62 bits per heavy atom. The number of ether oxygens (including phenoxy) is 1. The number of anilines is 1. The maximum absolute atomic E-state index is 12.1. The second-order valence-electron chi connectivity index (χ2n) is 5.59. The first-order chi connectivity index (χ1) is 12.7. The zero-order chi connectivity index (χ0) is 18.2. The van der Waals surface area contributed by atoms with E-state index in [0.29, 0.717) is 18.9 Å². The molecule has 0 saturated carbocycles. The van der Waals surface area contributed by atoms with Gasteiger partial charge in [-0.3, -0.25) is 4.79 Å². The molecule has 1 aromatic carbocycles. The summed E-state index contributed by atoms with van der Waals surface area (Å²) in [5, 5.41) is 13.9. The van der Waals surface area contributed by atoms with Crippen molar-refractivity contribution in [1.29, 1.82) is 0 Å². The molecule has 0 saturated heterocycles. The smallest absolute Gasteiger partial charge is 0.271 e. The van der Waals surface area contributed by atoms with E-state index < -0.39 is 0 Å². The normalized spacial score (nSPS) is 10.3. The summed E-state index contributed by atoms with van der Waals surface area (Å²) in [6, 6.07) is 14.8. The number of hydrogen-bond acceptors (Lipinski definition) is 6. The van der Waals surface area contributed by atoms with Crippen molar-refractivity contribution in [2.75, 3.05) is 19.0 Å². The molecule has 26 heavy (non-hydrogen) atoms. The molecule has 2 heterocycles. The minimum atomic E-state index is -0.247. The van der Waals surface area contributed by atoms with Crippen LogP contribution in [0, 0.1) is 0 Å². The fraction of sp³-hybridized carbons (Fsp3) is 0.211. The molecule has 0 radical (unpaired) electrons. The Morgan fingerprint density at radius 2 is 1.96 bits per heavy atom. The number of carbonyl (C=O) groups excluding carboxylic acids is 1. The maximum Gasteiger partial charge on any atom is 0.271 e. The van der Waals surface area contributed by atoms with Crippen LogP contribution in [0.2, 0.25) is 0 Å². The number of methoxy groups -OCH3 is 1. The van der Waals surface area contributed by atoms with Gasteiger partial charge in [0.25, 0.3) is 5.91 Å². The van der Waals surface area contributed by atoms with Crippen LogP contribution in [-0.4, -0.2) is 29.8 Å². The van der Waals surface area contributed by atoms with E-state index in [9.17, 15) is 4.79 Å².